The molecule has 0 saturated heterocycles. The van der Waals surface area contributed by atoms with E-state index in [-0.39, 0.29) is 182 Å². The lowest BCUT2D eigenvalue weighted by atomic mass is 9.97. The van der Waals surface area contributed by atoms with Crippen LogP contribution >= 0.6 is 0 Å². The fraction of sp³-hybridized carbons (Fsp3) is 0.827. The fourth-order valence-electron chi connectivity index (χ4n) is 15.9. The van der Waals surface area contributed by atoms with Crippen molar-refractivity contribution in [3.05, 3.63) is 0 Å². The monoisotopic (exact) mass is 1990 g/mol. The van der Waals surface area contributed by atoms with Crippen LogP contribution < -0.4 is 136 Å². The van der Waals surface area contributed by atoms with E-state index < -0.39 is 192 Å². The van der Waals surface area contributed by atoms with Crippen molar-refractivity contribution >= 4 is 100 Å². The van der Waals surface area contributed by atoms with Gasteiger partial charge in [-0.05, 0) is 279 Å². The minimum Gasteiger partial charge on any atom is -0.355 e. The van der Waals surface area contributed by atoms with Gasteiger partial charge in [-0.2, -0.15) is 0 Å². The molecular formula is C98H189N25O17. The molecule has 42 heteroatoms. The maximum Gasteiger partial charge on any atom is 0.243 e. The summed E-state index contributed by atoms with van der Waals surface area (Å²) in [6, 6.07) is -18.5. The number of hydrogen-bond donors (Lipinski definition) is 25. The van der Waals surface area contributed by atoms with Gasteiger partial charge in [-0.3, -0.25) is 86.9 Å². The zero-order valence-corrected chi connectivity index (χ0v) is 88.0. The lowest BCUT2D eigenvalue weighted by Gasteiger charge is -2.30. The molecule has 33 N–H and O–H groups in total. The molecule has 0 rings (SSSR count). The summed E-state index contributed by atoms with van der Waals surface area (Å²) in [6.45, 7) is 34.7. The third-order valence-corrected chi connectivity index (χ3v) is 23.2. The minimum absolute atomic E-state index is 0.0138. The average Bonchev–Trinajstić information content (AvgIpc) is 0.857. The highest BCUT2D eigenvalue weighted by Crippen LogP contribution is 2.20. The van der Waals surface area contributed by atoms with E-state index in [2.05, 4.69) is 90.5 Å². The van der Waals surface area contributed by atoms with Crippen molar-refractivity contribution in [2.75, 3.05) is 52.4 Å². The number of carbonyl (C=O) groups is 17. The first-order valence-electron chi connectivity index (χ1n) is 51.8. The van der Waals surface area contributed by atoms with Crippen molar-refractivity contribution in [2.24, 2.45) is 99.2 Å². The topological polar surface area (TPSA) is 703 Å². The summed E-state index contributed by atoms with van der Waals surface area (Å²) >= 11 is 0. The van der Waals surface area contributed by atoms with Gasteiger partial charge < -0.3 is 125 Å². The van der Waals surface area contributed by atoms with Gasteiger partial charge in [-0.15, -0.1) is 0 Å². The number of nitrogens with one attached hydrogen (secondary N) is 17. The van der Waals surface area contributed by atoms with E-state index in [1.807, 2.05) is 125 Å². The molecule has 0 spiro atoms. The van der Waals surface area contributed by atoms with Crippen LogP contribution in [0.3, 0.4) is 0 Å². The molecule has 0 aromatic rings. The number of rotatable bonds is 79. The predicted octanol–water partition coefficient (Wildman–Crippen LogP) is 1.07. The second kappa shape index (κ2) is 74.6. The molecular weight excluding hydrogens is 1800 g/mol. The second-order valence-corrected chi connectivity index (χ2v) is 41.3. The zero-order chi connectivity index (χ0) is 106. The molecule has 140 heavy (non-hydrogen) atoms. The molecule has 0 unspecified atom stereocenters. The smallest absolute Gasteiger partial charge is 0.243 e. The van der Waals surface area contributed by atoms with Crippen molar-refractivity contribution < 1.29 is 81.5 Å². The molecule has 0 aliphatic heterocycles. The predicted molar refractivity (Wildman–Crippen MR) is 544 cm³/mol. The van der Waals surface area contributed by atoms with Gasteiger partial charge in [0.2, 0.25) is 100 Å². The average molecular weight is 1990 g/mol. The first-order valence-corrected chi connectivity index (χ1v) is 51.8. The summed E-state index contributed by atoms with van der Waals surface area (Å²) in [4.78, 5) is 243. The molecule has 42 nitrogen and oxygen atoms in total. The van der Waals surface area contributed by atoms with Crippen LogP contribution in [0.25, 0.3) is 0 Å². The van der Waals surface area contributed by atoms with E-state index in [0.717, 1.165) is 0 Å². The first-order chi connectivity index (χ1) is 66.0. The molecule has 0 fully saturated rings. The fourth-order valence-corrected chi connectivity index (χ4v) is 15.9. The Hall–Kier alpha value is -9.33. The van der Waals surface area contributed by atoms with Crippen LogP contribution in [-0.4, -0.2) is 243 Å². The first kappa shape index (κ1) is 131. The number of carbonyl (C=O) groups excluding carboxylic acids is 17. The van der Waals surface area contributed by atoms with Crippen LogP contribution in [0, 0.1) is 53.3 Å². The number of nitrogens with two attached hydrogens (primary N) is 8. The van der Waals surface area contributed by atoms with Gasteiger partial charge >= 0.3 is 0 Å². The standard InChI is InChI=1S/C98H189N25O17/c1-58(2)48-67(105)84(126)109-69(35-22-28-42-100)86(128)111-71(37-24-30-44-102)88(130)117-78(53-63(11)12)95(137)120-80(55-65(15)16)97(139)122-81(56-66(17)18)98(140)121-79(54-64(13)14)96(138)119-75(50-60(5)6)92(134)113-70(36-23-29-43-101)87(129)112-72(38-25-31-45-103)89(131)116-77(52-62(9)10)94(136)118-76(51-61(7)8)93(135)114-73(39-26-32-46-104)90(132)115-74(49-59(3)4)91(133)110-68(34-21-27-41-99)85(127)108-57-83(125)107-47-33-19-20-40-82(124)123-106/h58-81H,19-57,99-106H2,1-18H3,(H,107,125)(H,108,127)(H,109,126)(H,110,133)(H,111,128)(H,112,129)(H,113,134)(H,114,135)(H,115,132)(H,116,131)(H,117,130)(H,118,136)(H,119,138)(H,120,137)(H,121,140)(H,122,139)(H,123,124)/t67-,68-,69-,70-,71-,72-,73-,74-,75-,76-,77-,78-,79-,80-,81-/m0/s1. The summed E-state index contributed by atoms with van der Waals surface area (Å²) in [7, 11) is 0. The molecule has 0 aromatic carbocycles. The van der Waals surface area contributed by atoms with E-state index >= 15 is 0 Å². The van der Waals surface area contributed by atoms with Crippen molar-refractivity contribution in [3.63, 3.8) is 0 Å². The highest BCUT2D eigenvalue weighted by atomic mass is 16.2. The normalized spacial score (nSPS) is 14.8. The van der Waals surface area contributed by atoms with Crippen LogP contribution in [0.2, 0.25) is 0 Å². The van der Waals surface area contributed by atoms with Gasteiger partial charge in [0, 0.05) is 13.0 Å². The Kier molecular flexibility index (Phi) is 69.6. The molecule has 15 atom stereocenters. The van der Waals surface area contributed by atoms with Crippen molar-refractivity contribution in [2.45, 2.75) is 414 Å². The summed E-state index contributed by atoms with van der Waals surface area (Å²) in [5.74, 6) is -8.04. The summed E-state index contributed by atoms with van der Waals surface area (Å²) in [5.41, 5.74) is 43.6. The number of hydrogen-bond acceptors (Lipinski definition) is 25. The molecule has 0 aromatic heterocycles. The highest BCUT2D eigenvalue weighted by Gasteiger charge is 2.40. The maximum absolute atomic E-state index is 15.0. The Morgan fingerprint density at radius 2 is 0.371 bits per heavy atom. The molecule has 0 heterocycles. The van der Waals surface area contributed by atoms with Crippen LogP contribution in [0.4, 0.5) is 0 Å². The van der Waals surface area contributed by atoms with Gasteiger partial charge in [0.05, 0.1) is 12.6 Å². The Bertz CT molecular complexity index is 3690. The molecule has 17 amide bonds. The SMILES string of the molecule is CC(C)C[C@H](NC(=O)[C@H](CCCCN)NC(=O)[C@H](CC(C)C)NC(=O)[C@H](CC(C)C)NC(=O)[C@H](CCCCN)NC(=O)[C@H](CCCCN)NC(=O)[C@H](CC(C)C)NC(=O)[C@H](CC(C)C)NC(=O)[C@H](CC(C)C)NC(=O)[C@H](CC(C)C)NC(=O)[C@H](CC(C)C)NC(=O)[C@H](CCCCN)NC(=O)[C@H](CCCCN)NC(=O)[C@@H](N)CC(C)C)C(=O)N[C@@H](CCCCN)C(=O)NCC(=O)NCCCCCC(=O)NN. The van der Waals surface area contributed by atoms with Crippen LogP contribution in [0.5, 0.6) is 0 Å². The van der Waals surface area contributed by atoms with Crippen molar-refractivity contribution in [1.82, 2.24) is 90.5 Å². The zero-order valence-electron chi connectivity index (χ0n) is 88.0. The number of unbranched alkanes of at least 4 members (excludes halogenated alkanes) is 8. The summed E-state index contributed by atoms with van der Waals surface area (Å²) < 4.78 is 0. The van der Waals surface area contributed by atoms with E-state index in [1.54, 1.807) is 0 Å². The van der Waals surface area contributed by atoms with Crippen LogP contribution in [-0.2, 0) is 81.5 Å². The molecule has 0 bridgehead atoms. The summed E-state index contributed by atoms with van der Waals surface area (Å²) in [6.07, 6.45) is 8.67. The Morgan fingerprint density at radius 3 is 0.557 bits per heavy atom. The quantitative estimate of drug-likeness (QED) is 0.0175. The van der Waals surface area contributed by atoms with Crippen LogP contribution in [0.15, 0.2) is 0 Å². The molecule has 0 aliphatic carbocycles. The highest BCUT2D eigenvalue weighted by molar-refractivity contribution is 6.01. The largest absolute Gasteiger partial charge is 0.355 e. The van der Waals surface area contributed by atoms with E-state index in [1.165, 1.54) is 0 Å². The third-order valence-electron chi connectivity index (χ3n) is 23.2. The minimum atomic E-state index is -1.34. The van der Waals surface area contributed by atoms with Crippen molar-refractivity contribution in [1.29, 1.82) is 0 Å². The van der Waals surface area contributed by atoms with E-state index in [4.69, 9.17) is 46.0 Å². The second-order valence-electron chi connectivity index (χ2n) is 41.3. The lowest BCUT2D eigenvalue weighted by Crippen LogP contribution is -2.61. The van der Waals surface area contributed by atoms with Crippen molar-refractivity contribution in [3.8, 4) is 0 Å². The number of amides is 17. The van der Waals surface area contributed by atoms with E-state index in [0.29, 0.717) is 122 Å². The van der Waals surface area contributed by atoms with Gasteiger partial charge in [-0.25, -0.2) is 5.84 Å². The summed E-state index contributed by atoms with van der Waals surface area (Å²) in [5, 5.41) is 44.9. The Balaban J connectivity index is 7.39. The lowest BCUT2D eigenvalue weighted by molar-refractivity contribution is -0.137. The number of hydrazine groups is 1. The van der Waals surface area contributed by atoms with Gasteiger partial charge in [0.25, 0.3) is 0 Å². The van der Waals surface area contributed by atoms with Gasteiger partial charge in [-0.1, -0.05) is 131 Å². The maximum atomic E-state index is 15.0. The Labute approximate surface area is 834 Å². The molecule has 0 radical (unpaired) electrons. The molecule has 808 valence electrons. The van der Waals surface area contributed by atoms with Crippen LogP contribution in [0.1, 0.15) is 324 Å². The van der Waals surface area contributed by atoms with Gasteiger partial charge in [0.15, 0.2) is 0 Å². The van der Waals surface area contributed by atoms with E-state index in [9.17, 15) is 81.5 Å². The molecule has 0 aliphatic rings. The van der Waals surface area contributed by atoms with Gasteiger partial charge in [0.1, 0.15) is 84.6 Å². The molecule has 0 saturated carbocycles. The third kappa shape index (κ3) is 58.9. The Morgan fingerprint density at radius 1 is 0.193 bits per heavy atom.